The number of amides is 1. The Kier molecular flexibility index (Phi) is 3.99. The van der Waals surface area contributed by atoms with E-state index in [2.05, 4.69) is 10.4 Å². The molecule has 0 saturated carbocycles. The number of halogens is 1. The molecular formula is C13H14ClN3O. The fourth-order valence-corrected chi connectivity index (χ4v) is 1.71. The lowest BCUT2D eigenvalue weighted by Gasteiger charge is -2.06. The van der Waals surface area contributed by atoms with Gasteiger partial charge in [0.25, 0.3) is 0 Å². The average Bonchev–Trinajstić information content (AvgIpc) is 2.70. The van der Waals surface area contributed by atoms with E-state index in [1.165, 1.54) is 0 Å². The molecule has 0 unspecified atom stereocenters. The van der Waals surface area contributed by atoms with Crippen LogP contribution in [0.25, 0.3) is 0 Å². The van der Waals surface area contributed by atoms with E-state index in [-0.39, 0.29) is 12.5 Å². The van der Waals surface area contributed by atoms with Gasteiger partial charge >= 0.3 is 0 Å². The SMILES string of the molecule is Cc1c(Cl)cnn1CC(=O)NCc1ccccc1. The van der Waals surface area contributed by atoms with E-state index in [9.17, 15) is 4.79 Å². The highest BCUT2D eigenvalue weighted by Gasteiger charge is 2.08. The van der Waals surface area contributed by atoms with Gasteiger partial charge in [0.15, 0.2) is 0 Å². The molecule has 1 heterocycles. The van der Waals surface area contributed by atoms with E-state index >= 15 is 0 Å². The molecule has 1 N–H and O–H groups in total. The minimum absolute atomic E-state index is 0.0817. The normalized spacial score (nSPS) is 10.3. The molecule has 4 nitrogen and oxygen atoms in total. The summed E-state index contributed by atoms with van der Waals surface area (Å²) in [7, 11) is 0. The van der Waals surface area contributed by atoms with Crippen molar-refractivity contribution in [3.8, 4) is 0 Å². The molecule has 94 valence electrons. The first-order valence-electron chi connectivity index (χ1n) is 5.65. The predicted octanol–water partition coefficient (Wildman–Crippen LogP) is 2.16. The molecule has 0 aliphatic heterocycles. The van der Waals surface area contributed by atoms with Gasteiger partial charge in [0.2, 0.25) is 5.91 Å². The zero-order chi connectivity index (χ0) is 13.0. The van der Waals surface area contributed by atoms with Gasteiger partial charge in [-0.3, -0.25) is 9.48 Å². The van der Waals surface area contributed by atoms with Crippen LogP contribution in [0.3, 0.4) is 0 Å². The van der Waals surface area contributed by atoms with Crippen LogP contribution in [0.2, 0.25) is 5.02 Å². The maximum absolute atomic E-state index is 11.7. The minimum Gasteiger partial charge on any atom is -0.350 e. The molecule has 0 fully saturated rings. The number of rotatable bonds is 4. The van der Waals surface area contributed by atoms with Gasteiger partial charge in [-0.25, -0.2) is 0 Å². The van der Waals surface area contributed by atoms with Gasteiger partial charge in [-0.1, -0.05) is 41.9 Å². The van der Waals surface area contributed by atoms with Gasteiger partial charge in [0.1, 0.15) is 6.54 Å². The Bertz CT molecular complexity index is 536. The number of benzene rings is 1. The van der Waals surface area contributed by atoms with Crippen molar-refractivity contribution in [3.05, 3.63) is 52.8 Å². The van der Waals surface area contributed by atoms with Crippen LogP contribution in [-0.2, 0) is 17.9 Å². The van der Waals surface area contributed by atoms with Crippen molar-refractivity contribution >= 4 is 17.5 Å². The van der Waals surface area contributed by atoms with Crippen LogP contribution in [0, 0.1) is 6.92 Å². The Labute approximate surface area is 111 Å². The molecule has 5 heteroatoms. The number of hydrogen-bond donors (Lipinski definition) is 1. The number of nitrogens with zero attached hydrogens (tertiary/aromatic N) is 2. The molecule has 0 spiro atoms. The Balaban J connectivity index is 1.88. The van der Waals surface area contributed by atoms with Crippen molar-refractivity contribution in [1.82, 2.24) is 15.1 Å². The second-order valence-corrected chi connectivity index (χ2v) is 4.41. The van der Waals surface area contributed by atoms with Crippen LogP contribution >= 0.6 is 11.6 Å². The molecule has 0 radical (unpaired) electrons. The zero-order valence-corrected chi connectivity index (χ0v) is 10.8. The van der Waals surface area contributed by atoms with Gasteiger partial charge in [0.05, 0.1) is 16.9 Å². The third-order valence-corrected chi connectivity index (χ3v) is 3.04. The van der Waals surface area contributed by atoms with Gasteiger partial charge < -0.3 is 5.32 Å². The topological polar surface area (TPSA) is 46.9 Å². The Morgan fingerprint density at radius 1 is 1.39 bits per heavy atom. The standard InChI is InChI=1S/C13H14ClN3O/c1-10-12(14)8-16-17(10)9-13(18)15-7-11-5-3-2-4-6-11/h2-6,8H,7,9H2,1H3,(H,15,18). The number of carbonyl (C=O) groups is 1. The Morgan fingerprint density at radius 2 is 2.11 bits per heavy atom. The summed E-state index contributed by atoms with van der Waals surface area (Å²) >= 11 is 5.87. The molecule has 18 heavy (non-hydrogen) atoms. The van der Waals surface area contributed by atoms with E-state index in [1.807, 2.05) is 37.3 Å². The van der Waals surface area contributed by atoms with E-state index in [1.54, 1.807) is 10.9 Å². The lowest BCUT2D eigenvalue weighted by atomic mass is 10.2. The zero-order valence-electron chi connectivity index (χ0n) is 10.1. The van der Waals surface area contributed by atoms with E-state index in [4.69, 9.17) is 11.6 Å². The van der Waals surface area contributed by atoms with Crippen molar-refractivity contribution in [2.45, 2.75) is 20.0 Å². The Morgan fingerprint density at radius 3 is 2.72 bits per heavy atom. The third-order valence-electron chi connectivity index (χ3n) is 2.67. The number of hydrogen-bond acceptors (Lipinski definition) is 2. The quantitative estimate of drug-likeness (QED) is 0.919. The molecule has 0 saturated heterocycles. The first-order valence-corrected chi connectivity index (χ1v) is 6.03. The fraction of sp³-hybridized carbons (Fsp3) is 0.231. The molecule has 0 aliphatic rings. The molecular weight excluding hydrogens is 250 g/mol. The van der Waals surface area contributed by atoms with Gasteiger partial charge in [-0.15, -0.1) is 0 Å². The molecule has 1 aromatic carbocycles. The van der Waals surface area contributed by atoms with Crippen LogP contribution in [0.4, 0.5) is 0 Å². The summed E-state index contributed by atoms with van der Waals surface area (Å²) in [5, 5.41) is 7.45. The highest BCUT2D eigenvalue weighted by molar-refractivity contribution is 6.31. The highest BCUT2D eigenvalue weighted by Crippen LogP contribution is 2.12. The van der Waals surface area contributed by atoms with Crippen LogP contribution in [0.15, 0.2) is 36.5 Å². The monoisotopic (exact) mass is 263 g/mol. The van der Waals surface area contributed by atoms with Crippen LogP contribution < -0.4 is 5.32 Å². The van der Waals surface area contributed by atoms with Gasteiger partial charge in [-0.05, 0) is 12.5 Å². The molecule has 0 atom stereocenters. The fourth-order valence-electron chi connectivity index (χ4n) is 1.57. The molecule has 0 bridgehead atoms. The van der Waals surface area contributed by atoms with Gasteiger partial charge in [0, 0.05) is 6.54 Å². The van der Waals surface area contributed by atoms with Crippen molar-refractivity contribution in [3.63, 3.8) is 0 Å². The second-order valence-electron chi connectivity index (χ2n) is 4.00. The molecule has 1 amide bonds. The first kappa shape index (κ1) is 12.6. The maximum Gasteiger partial charge on any atom is 0.242 e. The van der Waals surface area contributed by atoms with E-state index in [0.717, 1.165) is 11.3 Å². The number of carbonyl (C=O) groups excluding carboxylic acids is 1. The minimum atomic E-state index is -0.0817. The van der Waals surface area contributed by atoms with Crippen molar-refractivity contribution in [1.29, 1.82) is 0 Å². The predicted molar refractivity (Wildman–Crippen MR) is 70.3 cm³/mol. The highest BCUT2D eigenvalue weighted by atomic mass is 35.5. The largest absolute Gasteiger partial charge is 0.350 e. The third kappa shape index (κ3) is 3.11. The average molecular weight is 264 g/mol. The maximum atomic E-state index is 11.7. The summed E-state index contributed by atoms with van der Waals surface area (Å²) in [5.74, 6) is -0.0817. The number of aromatic nitrogens is 2. The number of nitrogens with one attached hydrogen (secondary N) is 1. The summed E-state index contributed by atoms with van der Waals surface area (Å²) in [6.07, 6.45) is 1.54. The second kappa shape index (κ2) is 5.69. The van der Waals surface area contributed by atoms with Gasteiger partial charge in [-0.2, -0.15) is 5.10 Å². The Hall–Kier alpha value is -1.81. The van der Waals surface area contributed by atoms with Crippen LogP contribution in [0.5, 0.6) is 0 Å². The summed E-state index contributed by atoms with van der Waals surface area (Å²) in [4.78, 5) is 11.7. The summed E-state index contributed by atoms with van der Waals surface area (Å²) in [6.45, 7) is 2.54. The lowest BCUT2D eigenvalue weighted by Crippen LogP contribution is -2.27. The van der Waals surface area contributed by atoms with E-state index in [0.29, 0.717) is 11.6 Å². The molecule has 1 aromatic heterocycles. The molecule has 0 aliphatic carbocycles. The van der Waals surface area contributed by atoms with Crippen molar-refractivity contribution in [2.24, 2.45) is 0 Å². The summed E-state index contributed by atoms with van der Waals surface area (Å²) in [5.41, 5.74) is 1.87. The molecule has 2 aromatic rings. The smallest absolute Gasteiger partial charge is 0.242 e. The summed E-state index contributed by atoms with van der Waals surface area (Å²) in [6, 6.07) is 9.77. The summed E-state index contributed by atoms with van der Waals surface area (Å²) < 4.78 is 1.59. The van der Waals surface area contributed by atoms with E-state index < -0.39 is 0 Å². The van der Waals surface area contributed by atoms with Crippen LogP contribution in [-0.4, -0.2) is 15.7 Å². The first-order chi connectivity index (χ1) is 8.66. The lowest BCUT2D eigenvalue weighted by molar-refractivity contribution is -0.122. The van der Waals surface area contributed by atoms with Crippen molar-refractivity contribution in [2.75, 3.05) is 0 Å². The van der Waals surface area contributed by atoms with Crippen molar-refractivity contribution < 1.29 is 4.79 Å². The van der Waals surface area contributed by atoms with Crippen LogP contribution in [0.1, 0.15) is 11.3 Å². The molecule has 2 rings (SSSR count).